The molecule has 25 heavy (non-hydrogen) atoms. The quantitative estimate of drug-likeness (QED) is 0.625. The van der Waals surface area contributed by atoms with Gasteiger partial charge in [-0.05, 0) is 52.0 Å². The summed E-state index contributed by atoms with van der Waals surface area (Å²) in [5, 5.41) is 0. The second kappa shape index (κ2) is 7.66. The lowest BCUT2D eigenvalue weighted by atomic mass is 10.0. The van der Waals surface area contributed by atoms with E-state index in [1.165, 1.54) is 26.4 Å². The molecule has 0 aliphatic carbocycles. The van der Waals surface area contributed by atoms with Crippen LogP contribution in [0.25, 0.3) is 0 Å². The first-order valence-electron chi connectivity index (χ1n) is 7.66. The van der Waals surface area contributed by atoms with Gasteiger partial charge in [-0.1, -0.05) is 26.0 Å². The topological polar surface area (TPSA) is 61.8 Å². The van der Waals surface area contributed by atoms with E-state index in [0.717, 1.165) is 11.1 Å². The van der Waals surface area contributed by atoms with E-state index < -0.39 is 10.1 Å². The number of aryl methyl sites for hydroxylation is 1. The Morgan fingerprint density at radius 3 is 2.12 bits per heavy atom. The fourth-order valence-electron chi connectivity index (χ4n) is 2.38. The molecule has 0 bridgehead atoms. The van der Waals surface area contributed by atoms with Crippen molar-refractivity contribution in [1.82, 2.24) is 0 Å². The molecule has 0 aliphatic heterocycles. The summed E-state index contributed by atoms with van der Waals surface area (Å²) < 4.78 is 41.8. The Labute approximate surface area is 157 Å². The Kier molecular flexibility index (Phi) is 6.00. The summed E-state index contributed by atoms with van der Waals surface area (Å²) in [5.74, 6) is 1.18. The molecule has 0 amide bonds. The van der Waals surface area contributed by atoms with Crippen molar-refractivity contribution in [3.8, 4) is 17.2 Å². The Morgan fingerprint density at radius 2 is 1.56 bits per heavy atom. The van der Waals surface area contributed by atoms with E-state index in [4.69, 9.17) is 13.7 Å². The lowest BCUT2D eigenvalue weighted by Crippen LogP contribution is -2.12. The normalized spacial score (nSPS) is 11.5. The van der Waals surface area contributed by atoms with Gasteiger partial charge in [-0.15, -0.1) is 0 Å². The molecule has 2 aromatic rings. The maximum absolute atomic E-state index is 12.8. The van der Waals surface area contributed by atoms with Crippen LogP contribution in [0.4, 0.5) is 0 Å². The van der Waals surface area contributed by atoms with Crippen molar-refractivity contribution in [1.29, 1.82) is 0 Å². The number of halogens is 1. The molecule has 7 heteroatoms. The third-order valence-corrected chi connectivity index (χ3v) is 5.89. The monoisotopic (exact) mass is 428 g/mol. The molecule has 0 aliphatic rings. The molecule has 0 heterocycles. The summed E-state index contributed by atoms with van der Waals surface area (Å²) >= 11 is 3.27. The first kappa shape index (κ1) is 19.6. The van der Waals surface area contributed by atoms with Gasteiger partial charge in [0.15, 0.2) is 11.5 Å². The van der Waals surface area contributed by atoms with E-state index in [9.17, 15) is 8.42 Å². The van der Waals surface area contributed by atoms with Crippen LogP contribution in [0.1, 0.15) is 30.9 Å². The van der Waals surface area contributed by atoms with E-state index >= 15 is 0 Å². The van der Waals surface area contributed by atoms with Crippen molar-refractivity contribution >= 4 is 26.0 Å². The Balaban J connectivity index is 2.53. The van der Waals surface area contributed by atoms with E-state index in [0.29, 0.717) is 21.7 Å². The molecular weight excluding hydrogens is 408 g/mol. The zero-order chi connectivity index (χ0) is 18.8. The van der Waals surface area contributed by atoms with E-state index in [2.05, 4.69) is 15.9 Å². The molecule has 0 N–H and O–H groups in total. The highest BCUT2D eigenvalue weighted by Crippen LogP contribution is 2.37. The average Bonchev–Trinajstić information content (AvgIpc) is 2.53. The largest absolute Gasteiger partial charge is 0.493 e. The van der Waals surface area contributed by atoms with Gasteiger partial charge in [0.25, 0.3) is 0 Å². The highest BCUT2D eigenvalue weighted by molar-refractivity contribution is 9.10. The van der Waals surface area contributed by atoms with Crippen LogP contribution < -0.4 is 13.7 Å². The van der Waals surface area contributed by atoms with E-state index in [-0.39, 0.29) is 10.8 Å². The van der Waals surface area contributed by atoms with Gasteiger partial charge in [0.05, 0.1) is 14.2 Å². The Hall–Kier alpha value is -1.73. The zero-order valence-electron chi connectivity index (χ0n) is 14.8. The van der Waals surface area contributed by atoms with E-state index in [1.807, 2.05) is 32.9 Å². The Morgan fingerprint density at radius 1 is 0.960 bits per heavy atom. The number of ether oxygens (including phenoxy) is 2. The maximum atomic E-state index is 12.8. The van der Waals surface area contributed by atoms with Gasteiger partial charge in [0, 0.05) is 10.5 Å². The Bertz CT molecular complexity index is 875. The van der Waals surface area contributed by atoms with E-state index in [1.54, 1.807) is 6.07 Å². The summed E-state index contributed by atoms with van der Waals surface area (Å²) in [7, 11) is -1.13. The fraction of sp³-hybridized carbons (Fsp3) is 0.333. The first-order valence-corrected chi connectivity index (χ1v) is 9.86. The van der Waals surface area contributed by atoms with Crippen LogP contribution in [-0.4, -0.2) is 22.6 Å². The predicted octanol–water partition coefficient (Wildman–Crippen LogP) is 4.67. The molecule has 0 aromatic heterocycles. The van der Waals surface area contributed by atoms with Gasteiger partial charge < -0.3 is 13.7 Å². The number of benzene rings is 2. The lowest BCUT2D eigenvalue weighted by Gasteiger charge is -2.16. The van der Waals surface area contributed by atoms with Gasteiger partial charge in [-0.25, -0.2) is 0 Å². The minimum atomic E-state index is -4.06. The van der Waals surface area contributed by atoms with Gasteiger partial charge >= 0.3 is 10.1 Å². The lowest BCUT2D eigenvalue weighted by molar-refractivity contribution is 0.353. The van der Waals surface area contributed by atoms with Crippen molar-refractivity contribution in [2.45, 2.75) is 31.6 Å². The van der Waals surface area contributed by atoms with Crippen molar-refractivity contribution < 1.29 is 22.1 Å². The molecule has 0 atom stereocenters. The van der Waals surface area contributed by atoms with Crippen molar-refractivity contribution in [3.63, 3.8) is 0 Å². The number of rotatable bonds is 6. The molecule has 0 unspecified atom stereocenters. The SMILES string of the molecule is COc1cc(Br)c(S(=O)(=O)Oc2cc(C)ccc2C(C)C)cc1OC. The summed E-state index contributed by atoms with van der Waals surface area (Å²) in [6.45, 7) is 5.85. The standard InChI is InChI=1S/C18H21BrO5S/c1-11(2)13-7-6-12(3)8-15(13)24-25(20,21)18-10-17(23-5)16(22-4)9-14(18)19/h6-11H,1-5H3. The summed E-state index contributed by atoms with van der Waals surface area (Å²) in [5.41, 5.74) is 1.74. The van der Waals surface area contributed by atoms with Crippen molar-refractivity contribution in [3.05, 3.63) is 45.9 Å². The minimum absolute atomic E-state index is 0.0265. The van der Waals surface area contributed by atoms with Gasteiger partial charge in [-0.3, -0.25) is 0 Å². The fourth-order valence-corrected chi connectivity index (χ4v) is 4.32. The average molecular weight is 429 g/mol. The second-order valence-corrected chi connectivity index (χ2v) is 8.24. The maximum Gasteiger partial charge on any atom is 0.340 e. The third-order valence-electron chi connectivity index (χ3n) is 3.70. The summed E-state index contributed by atoms with van der Waals surface area (Å²) in [4.78, 5) is -0.0265. The van der Waals surface area contributed by atoms with Crippen LogP contribution in [0.2, 0.25) is 0 Å². The van der Waals surface area contributed by atoms with Gasteiger partial charge in [0.2, 0.25) is 0 Å². The van der Waals surface area contributed by atoms with Crippen molar-refractivity contribution in [2.24, 2.45) is 0 Å². The van der Waals surface area contributed by atoms with Crippen LogP contribution in [-0.2, 0) is 10.1 Å². The molecule has 0 saturated carbocycles. The van der Waals surface area contributed by atoms with Crippen LogP contribution in [0, 0.1) is 6.92 Å². The third kappa shape index (κ3) is 4.27. The number of methoxy groups -OCH3 is 2. The molecule has 0 radical (unpaired) electrons. The van der Waals surface area contributed by atoms with Crippen LogP contribution in [0.15, 0.2) is 39.7 Å². The molecule has 0 spiro atoms. The number of hydrogen-bond acceptors (Lipinski definition) is 5. The number of hydrogen-bond donors (Lipinski definition) is 0. The van der Waals surface area contributed by atoms with Crippen LogP contribution in [0.3, 0.4) is 0 Å². The van der Waals surface area contributed by atoms with Crippen LogP contribution in [0.5, 0.6) is 17.2 Å². The molecule has 2 aromatic carbocycles. The highest BCUT2D eigenvalue weighted by atomic mass is 79.9. The van der Waals surface area contributed by atoms with Crippen LogP contribution >= 0.6 is 15.9 Å². The summed E-state index contributed by atoms with van der Waals surface area (Å²) in [6, 6.07) is 8.45. The van der Waals surface area contributed by atoms with Crippen molar-refractivity contribution in [2.75, 3.05) is 14.2 Å². The molecule has 0 fully saturated rings. The smallest absolute Gasteiger partial charge is 0.340 e. The minimum Gasteiger partial charge on any atom is -0.493 e. The zero-order valence-corrected chi connectivity index (χ0v) is 17.2. The molecule has 0 saturated heterocycles. The van der Waals surface area contributed by atoms with Gasteiger partial charge in [-0.2, -0.15) is 8.42 Å². The predicted molar refractivity (Wildman–Crippen MR) is 100 cm³/mol. The molecule has 5 nitrogen and oxygen atoms in total. The first-order chi connectivity index (χ1) is 11.7. The second-order valence-electron chi connectivity index (χ2n) is 5.87. The molecule has 2 rings (SSSR count). The molecule has 136 valence electrons. The molecular formula is C18H21BrO5S. The van der Waals surface area contributed by atoms with Gasteiger partial charge in [0.1, 0.15) is 10.6 Å². The highest BCUT2D eigenvalue weighted by Gasteiger charge is 2.25. The summed E-state index contributed by atoms with van der Waals surface area (Å²) in [6.07, 6.45) is 0.